The Labute approximate surface area is 159 Å². The SMILES string of the molecule is COc1ccc2c(C)c3c(nc2c1)CCC(C#N)(c1ccccn1)C3.Cl. The molecule has 4 rings (SSSR count). The van der Waals surface area contributed by atoms with Gasteiger partial charge in [0.05, 0.1) is 24.4 Å². The van der Waals surface area contributed by atoms with Crippen LogP contribution in [0.1, 0.15) is 28.9 Å². The maximum absolute atomic E-state index is 9.97. The highest BCUT2D eigenvalue weighted by atomic mass is 35.5. The van der Waals surface area contributed by atoms with Crippen molar-refractivity contribution in [1.29, 1.82) is 5.26 Å². The minimum Gasteiger partial charge on any atom is -0.497 e. The normalized spacial score (nSPS) is 18.5. The Hall–Kier alpha value is -2.64. The number of methoxy groups -OCH3 is 1. The van der Waals surface area contributed by atoms with Crippen molar-refractivity contribution in [3.63, 3.8) is 0 Å². The van der Waals surface area contributed by atoms with E-state index in [2.05, 4.69) is 24.0 Å². The number of hydrogen-bond donors (Lipinski definition) is 0. The summed E-state index contributed by atoms with van der Waals surface area (Å²) >= 11 is 0. The molecule has 1 aliphatic carbocycles. The first-order chi connectivity index (χ1) is 12.2. The van der Waals surface area contributed by atoms with Gasteiger partial charge in [-0.25, -0.2) is 0 Å². The van der Waals surface area contributed by atoms with Gasteiger partial charge in [0, 0.05) is 23.3 Å². The van der Waals surface area contributed by atoms with E-state index in [9.17, 15) is 5.26 Å². The van der Waals surface area contributed by atoms with Crippen molar-refractivity contribution in [3.05, 3.63) is 65.1 Å². The number of halogens is 1. The lowest BCUT2D eigenvalue weighted by molar-refractivity contribution is 0.415. The van der Waals surface area contributed by atoms with Crippen LogP contribution >= 0.6 is 12.4 Å². The largest absolute Gasteiger partial charge is 0.497 e. The van der Waals surface area contributed by atoms with E-state index in [-0.39, 0.29) is 12.4 Å². The molecule has 2 heterocycles. The van der Waals surface area contributed by atoms with E-state index in [1.54, 1.807) is 13.3 Å². The van der Waals surface area contributed by atoms with Gasteiger partial charge in [0.25, 0.3) is 0 Å². The van der Waals surface area contributed by atoms with E-state index >= 15 is 0 Å². The highest BCUT2D eigenvalue weighted by molar-refractivity contribution is 5.85. The minimum atomic E-state index is -0.569. The summed E-state index contributed by atoms with van der Waals surface area (Å²) in [5.41, 5.74) is 4.74. The molecule has 1 aliphatic rings. The number of hydrogen-bond acceptors (Lipinski definition) is 4. The van der Waals surface area contributed by atoms with Crippen LogP contribution in [0.25, 0.3) is 10.9 Å². The third-order valence-corrected chi connectivity index (χ3v) is 5.30. The van der Waals surface area contributed by atoms with E-state index in [4.69, 9.17) is 9.72 Å². The molecule has 4 nitrogen and oxygen atoms in total. The van der Waals surface area contributed by atoms with E-state index in [1.165, 1.54) is 11.1 Å². The molecule has 0 amide bonds. The Kier molecular flexibility index (Phi) is 4.84. The van der Waals surface area contributed by atoms with Gasteiger partial charge in [-0.05, 0) is 61.6 Å². The number of rotatable bonds is 2. The van der Waals surface area contributed by atoms with Crippen LogP contribution in [0.4, 0.5) is 0 Å². The molecule has 1 atom stereocenters. The monoisotopic (exact) mass is 365 g/mol. The van der Waals surface area contributed by atoms with Crippen LogP contribution in [0.5, 0.6) is 5.75 Å². The number of pyridine rings is 2. The molecule has 3 aromatic rings. The smallest absolute Gasteiger partial charge is 0.121 e. The second-order valence-corrected chi connectivity index (χ2v) is 6.63. The van der Waals surface area contributed by atoms with Gasteiger partial charge in [-0.3, -0.25) is 9.97 Å². The summed E-state index contributed by atoms with van der Waals surface area (Å²) in [7, 11) is 1.67. The first-order valence-corrected chi connectivity index (χ1v) is 8.46. The molecule has 1 aromatic carbocycles. The molecule has 0 saturated heterocycles. The number of benzene rings is 1. The standard InChI is InChI=1S/C21H19N3O.ClH/c1-14-16-7-6-15(25-2)11-19(16)24-18-8-9-21(13-22,12-17(14)18)20-5-3-4-10-23-20;/h3-7,10-11H,8-9,12H2,1-2H3;1H. The van der Waals surface area contributed by atoms with Crippen molar-refractivity contribution in [3.8, 4) is 11.8 Å². The van der Waals surface area contributed by atoms with Gasteiger partial charge >= 0.3 is 0 Å². The molecule has 0 bridgehead atoms. The molecule has 132 valence electrons. The van der Waals surface area contributed by atoms with Crippen LogP contribution in [0.15, 0.2) is 42.6 Å². The number of aryl methyl sites for hydroxylation is 2. The predicted octanol–water partition coefficient (Wildman–Crippen LogP) is 4.32. The average molecular weight is 366 g/mol. The van der Waals surface area contributed by atoms with Crippen molar-refractivity contribution in [2.75, 3.05) is 7.11 Å². The molecule has 0 fully saturated rings. The first-order valence-electron chi connectivity index (χ1n) is 8.46. The van der Waals surface area contributed by atoms with Crippen LogP contribution in [0.3, 0.4) is 0 Å². The summed E-state index contributed by atoms with van der Waals surface area (Å²) in [4.78, 5) is 9.34. The van der Waals surface area contributed by atoms with E-state index in [0.29, 0.717) is 6.42 Å². The summed E-state index contributed by atoms with van der Waals surface area (Å²) in [6, 6.07) is 14.4. The van der Waals surface area contributed by atoms with E-state index < -0.39 is 5.41 Å². The predicted molar refractivity (Wildman–Crippen MR) is 104 cm³/mol. The molecule has 0 aliphatic heterocycles. The third-order valence-electron chi connectivity index (χ3n) is 5.30. The molecular formula is C21H20ClN3O. The second kappa shape index (κ2) is 6.93. The molecule has 5 heteroatoms. The lowest BCUT2D eigenvalue weighted by Gasteiger charge is -2.32. The van der Waals surface area contributed by atoms with Crippen LogP contribution in [-0.4, -0.2) is 17.1 Å². The quantitative estimate of drug-likeness (QED) is 0.678. The molecule has 0 N–H and O–H groups in total. The Balaban J connectivity index is 0.00000196. The maximum Gasteiger partial charge on any atom is 0.121 e. The Morgan fingerprint density at radius 1 is 1.23 bits per heavy atom. The van der Waals surface area contributed by atoms with Gasteiger partial charge in [0.15, 0.2) is 0 Å². The van der Waals surface area contributed by atoms with Gasteiger partial charge in [0.2, 0.25) is 0 Å². The molecule has 0 radical (unpaired) electrons. The van der Waals surface area contributed by atoms with Gasteiger partial charge in [-0.15, -0.1) is 12.4 Å². The third kappa shape index (κ3) is 2.79. The molecular weight excluding hydrogens is 346 g/mol. The van der Waals surface area contributed by atoms with E-state index in [1.807, 2.05) is 30.3 Å². The molecule has 0 saturated carbocycles. The van der Waals surface area contributed by atoms with Gasteiger partial charge in [0.1, 0.15) is 11.2 Å². The summed E-state index contributed by atoms with van der Waals surface area (Å²) in [6.45, 7) is 2.13. The minimum absolute atomic E-state index is 0. The van der Waals surface area contributed by atoms with Crippen molar-refractivity contribution in [2.45, 2.75) is 31.6 Å². The van der Waals surface area contributed by atoms with Gasteiger partial charge < -0.3 is 4.74 Å². The van der Waals surface area contributed by atoms with Crippen molar-refractivity contribution in [2.24, 2.45) is 0 Å². The highest BCUT2D eigenvalue weighted by Gasteiger charge is 2.39. The highest BCUT2D eigenvalue weighted by Crippen LogP contribution is 2.39. The van der Waals surface area contributed by atoms with Crippen molar-refractivity contribution in [1.82, 2.24) is 9.97 Å². The lowest BCUT2D eigenvalue weighted by atomic mass is 9.70. The number of aromatic nitrogens is 2. The van der Waals surface area contributed by atoms with Crippen molar-refractivity contribution < 1.29 is 4.74 Å². The zero-order valence-electron chi connectivity index (χ0n) is 14.8. The topological polar surface area (TPSA) is 58.8 Å². The summed E-state index contributed by atoms with van der Waals surface area (Å²) in [5, 5.41) is 11.1. The second-order valence-electron chi connectivity index (χ2n) is 6.63. The molecule has 1 unspecified atom stereocenters. The molecule has 26 heavy (non-hydrogen) atoms. The van der Waals surface area contributed by atoms with Gasteiger partial charge in [-0.2, -0.15) is 5.26 Å². The van der Waals surface area contributed by atoms with Crippen LogP contribution in [0, 0.1) is 18.3 Å². The summed E-state index contributed by atoms with van der Waals surface area (Å²) in [6.07, 6.45) is 3.96. The first kappa shape index (κ1) is 18.2. The zero-order valence-corrected chi connectivity index (χ0v) is 15.6. The summed E-state index contributed by atoms with van der Waals surface area (Å²) < 4.78 is 5.32. The van der Waals surface area contributed by atoms with E-state index in [0.717, 1.165) is 40.9 Å². The number of ether oxygens (including phenoxy) is 1. The maximum atomic E-state index is 9.97. The fourth-order valence-electron chi connectivity index (χ4n) is 3.82. The summed E-state index contributed by atoms with van der Waals surface area (Å²) in [5.74, 6) is 0.815. The molecule has 0 spiro atoms. The fourth-order valence-corrected chi connectivity index (χ4v) is 3.82. The Morgan fingerprint density at radius 2 is 2.08 bits per heavy atom. The van der Waals surface area contributed by atoms with Crippen LogP contribution in [0.2, 0.25) is 0 Å². The Morgan fingerprint density at radius 3 is 2.77 bits per heavy atom. The number of fused-ring (bicyclic) bond motifs is 2. The lowest BCUT2D eigenvalue weighted by Crippen LogP contribution is -2.33. The van der Waals surface area contributed by atoms with Crippen LogP contribution in [-0.2, 0) is 18.3 Å². The number of nitriles is 1. The number of nitrogens with zero attached hydrogens (tertiary/aromatic N) is 3. The average Bonchev–Trinajstić information content (AvgIpc) is 2.68. The zero-order chi connectivity index (χ0) is 17.4. The van der Waals surface area contributed by atoms with Crippen LogP contribution < -0.4 is 4.74 Å². The van der Waals surface area contributed by atoms with Crippen molar-refractivity contribution >= 4 is 23.3 Å². The van der Waals surface area contributed by atoms with Gasteiger partial charge in [-0.1, -0.05) is 6.07 Å². The Bertz CT molecular complexity index is 998. The molecule has 2 aromatic heterocycles. The fraction of sp³-hybridized carbons (Fsp3) is 0.286.